The van der Waals surface area contributed by atoms with Crippen molar-refractivity contribution >= 4 is 17.6 Å². The van der Waals surface area contributed by atoms with E-state index in [1.165, 1.54) is 10.5 Å². The Morgan fingerprint density at radius 1 is 1.06 bits per heavy atom. The van der Waals surface area contributed by atoms with Crippen LogP contribution in [0, 0.1) is 0 Å². The van der Waals surface area contributed by atoms with Crippen LogP contribution in [0.15, 0.2) is 54.6 Å². The maximum Gasteiger partial charge on any atom is 0.254 e. The summed E-state index contributed by atoms with van der Waals surface area (Å²) in [5.41, 5.74) is 3.22. The first-order chi connectivity index (χ1) is 16.6. The quantitative estimate of drug-likeness (QED) is 0.459. The fourth-order valence-corrected chi connectivity index (χ4v) is 3.64. The number of unbranched alkanes of at least 4 members (excludes halogenated alkanes) is 1. The predicted molar refractivity (Wildman–Crippen MR) is 139 cm³/mol. The zero-order valence-corrected chi connectivity index (χ0v) is 21.6. The Labute approximate surface area is 208 Å². The Morgan fingerprint density at radius 3 is 2.29 bits per heavy atom. The van der Waals surface area contributed by atoms with Gasteiger partial charge in [0.1, 0.15) is 11.6 Å². The molecule has 0 saturated carbocycles. The molecule has 35 heavy (non-hydrogen) atoms. The van der Waals surface area contributed by atoms with Crippen LogP contribution >= 0.6 is 0 Å². The summed E-state index contributed by atoms with van der Waals surface area (Å²) in [4.78, 5) is 27.2. The molecule has 0 aliphatic heterocycles. The molecule has 3 aromatic rings. The molecule has 0 spiro atoms. The molecular formula is C28H36N4O3. The molecule has 2 amide bonds. The van der Waals surface area contributed by atoms with E-state index in [0.717, 1.165) is 36.4 Å². The van der Waals surface area contributed by atoms with Crippen LogP contribution in [0.3, 0.4) is 0 Å². The second-order valence-electron chi connectivity index (χ2n) is 9.78. The summed E-state index contributed by atoms with van der Waals surface area (Å²) in [6.45, 7) is 8.29. The number of ether oxygens (including phenoxy) is 1. The number of amides is 2. The van der Waals surface area contributed by atoms with E-state index in [-0.39, 0.29) is 23.8 Å². The normalized spacial score (nSPS) is 11.3. The fourth-order valence-electron chi connectivity index (χ4n) is 3.64. The average molecular weight is 477 g/mol. The molecule has 0 radical (unpaired) electrons. The van der Waals surface area contributed by atoms with Gasteiger partial charge in [-0.25, -0.2) is 4.68 Å². The molecule has 7 nitrogen and oxygen atoms in total. The van der Waals surface area contributed by atoms with Gasteiger partial charge in [-0.1, -0.05) is 46.2 Å². The standard InChI is InChI=1S/C28H36N4O3/c1-7-8-9-20-10-12-21(13-11-20)27(34)31(5)19-26(33)29-25-18-24(28(2,3)4)30-32(25)22-14-16-23(35-6)17-15-22/h10-18H,7-9,19H2,1-6H3,(H,29,33). The summed E-state index contributed by atoms with van der Waals surface area (Å²) < 4.78 is 6.95. The number of nitrogens with zero attached hydrogens (tertiary/aromatic N) is 3. The number of hydrogen-bond acceptors (Lipinski definition) is 4. The molecule has 0 aliphatic carbocycles. The third kappa shape index (κ3) is 6.72. The summed E-state index contributed by atoms with van der Waals surface area (Å²) in [5.74, 6) is 0.795. The first kappa shape index (κ1) is 26.0. The highest BCUT2D eigenvalue weighted by Gasteiger charge is 2.22. The minimum absolute atomic E-state index is 0.0743. The van der Waals surface area contributed by atoms with Crippen LogP contribution < -0.4 is 10.1 Å². The second-order valence-corrected chi connectivity index (χ2v) is 9.78. The van der Waals surface area contributed by atoms with E-state index in [4.69, 9.17) is 9.84 Å². The molecule has 186 valence electrons. The molecule has 0 unspecified atom stereocenters. The monoisotopic (exact) mass is 476 g/mol. The van der Waals surface area contributed by atoms with Gasteiger partial charge in [0.05, 0.1) is 25.0 Å². The van der Waals surface area contributed by atoms with Crippen LogP contribution in [0.1, 0.15) is 62.2 Å². The molecule has 3 rings (SSSR count). The van der Waals surface area contributed by atoms with Crippen LogP contribution in [0.25, 0.3) is 5.69 Å². The van der Waals surface area contributed by atoms with Gasteiger partial charge in [0.15, 0.2) is 0 Å². The smallest absolute Gasteiger partial charge is 0.254 e. The Bertz CT molecular complexity index is 1140. The van der Waals surface area contributed by atoms with Crippen molar-refractivity contribution in [3.05, 3.63) is 71.4 Å². The lowest BCUT2D eigenvalue weighted by Crippen LogP contribution is -2.35. The lowest BCUT2D eigenvalue weighted by molar-refractivity contribution is -0.116. The predicted octanol–water partition coefficient (Wildman–Crippen LogP) is 5.23. The number of benzene rings is 2. The minimum atomic E-state index is -0.296. The highest BCUT2D eigenvalue weighted by molar-refractivity contribution is 5.99. The Balaban J connectivity index is 1.73. The number of aryl methyl sites for hydroxylation is 1. The molecule has 7 heteroatoms. The fraction of sp³-hybridized carbons (Fsp3) is 0.393. The zero-order chi connectivity index (χ0) is 25.6. The number of nitrogens with one attached hydrogen (secondary N) is 1. The largest absolute Gasteiger partial charge is 0.497 e. The maximum absolute atomic E-state index is 12.9. The van der Waals surface area contributed by atoms with Crippen molar-refractivity contribution in [1.29, 1.82) is 0 Å². The van der Waals surface area contributed by atoms with E-state index < -0.39 is 0 Å². The van der Waals surface area contributed by atoms with Crippen molar-refractivity contribution in [2.45, 2.75) is 52.4 Å². The molecular weight excluding hydrogens is 440 g/mol. The summed E-state index contributed by atoms with van der Waals surface area (Å²) >= 11 is 0. The van der Waals surface area contributed by atoms with E-state index in [2.05, 4.69) is 33.0 Å². The van der Waals surface area contributed by atoms with Crippen molar-refractivity contribution in [1.82, 2.24) is 14.7 Å². The number of carbonyl (C=O) groups is 2. The van der Waals surface area contributed by atoms with Gasteiger partial charge in [0.2, 0.25) is 5.91 Å². The first-order valence-electron chi connectivity index (χ1n) is 12.0. The molecule has 1 aromatic heterocycles. The lowest BCUT2D eigenvalue weighted by atomic mass is 9.92. The number of hydrogen-bond donors (Lipinski definition) is 1. The molecule has 2 aromatic carbocycles. The summed E-state index contributed by atoms with van der Waals surface area (Å²) in [6.07, 6.45) is 3.26. The lowest BCUT2D eigenvalue weighted by Gasteiger charge is -2.17. The van der Waals surface area contributed by atoms with E-state index in [9.17, 15) is 9.59 Å². The van der Waals surface area contributed by atoms with Crippen molar-refractivity contribution in [2.75, 3.05) is 26.0 Å². The summed E-state index contributed by atoms with van der Waals surface area (Å²) in [6, 6.07) is 17.0. The van der Waals surface area contributed by atoms with Gasteiger partial charge in [-0.3, -0.25) is 9.59 Å². The molecule has 1 N–H and O–H groups in total. The highest BCUT2D eigenvalue weighted by atomic mass is 16.5. The number of aromatic nitrogens is 2. The van der Waals surface area contributed by atoms with Gasteiger partial charge in [0.25, 0.3) is 5.91 Å². The van der Waals surface area contributed by atoms with E-state index in [1.807, 2.05) is 54.6 Å². The molecule has 0 saturated heterocycles. The van der Waals surface area contributed by atoms with Crippen LogP contribution in [0.5, 0.6) is 5.75 Å². The SMILES string of the molecule is CCCCc1ccc(C(=O)N(C)CC(=O)Nc2cc(C(C)(C)C)nn2-c2ccc(OC)cc2)cc1. The number of carbonyl (C=O) groups excluding carboxylic acids is 2. The maximum atomic E-state index is 12.9. The van der Waals surface area contributed by atoms with Gasteiger partial charge < -0.3 is 15.0 Å². The number of likely N-dealkylation sites (N-methyl/N-ethyl adjacent to an activating group) is 1. The van der Waals surface area contributed by atoms with Crippen LogP contribution in [-0.4, -0.2) is 47.2 Å². The Morgan fingerprint density at radius 2 is 1.71 bits per heavy atom. The average Bonchev–Trinajstić information content (AvgIpc) is 3.26. The van der Waals surface area contributed by atoms with Gasteiger partial charge in [-0.05, 0) is 54.8 Å². The third-order valence-corrected chi connectivity index (χ3v) is 5.81. The van der Waals surface area contributed by atoms with Crippen molar-refractivity contribution in [2.24, 2.45) is 0 Å². The Kier molecular flexibility index (Phi) is 8.33. The second kappa shape index (κ2) is 11.2. The minimum Gasteiger partial charge on any atom is -0.497 e. The zero-order valence-electron chi connectivity index (χ0n) is 21.6. The van der Waals surface area contributed by atoms with Crippen molar-refractivity contribution < 1.29 is 14.3 Å². The van der Waals surface area contributed by atoms with Crippen LogP contribution in [-0.2, 0) is 16.6 Å². The molecule has 0 aliphatic rings. The van der Waals surface area contributed by atoms with Gasteiger partial charge in [-0.2, -0.15) is 5.10 Å². The molecule has 0 bridgehead atoms. The summed E-state index contributed by atoms with van der Waals surface area (Å²) in [7, 11) is 3.25. The van der Waals surface area contributed by atoms with E-state index in [1.54, 1.807) is 18.8 Å². The molecule has 0 fully saturated rings. The third-order valence-electron chi connectivity index (χ3n) is 5.81. The highest BCUT2D eigenvalue weighted by Crippen LogP contribution is 2.27. The number of anilines is 1. The van der Waals surface area contributed by atoms with E-state index >= 15 is 0 Å². The summed E-state index contributed by atoms with van der Waals surface area (Å²) in [5, 5.41) is 7.67. The molecule has 1 heterocycles. The van der Waals surface area contributed by atoms with Gasteiger partial charge >= 0.3 is 0 Å². The Hall–Kier alpha value is -3.61. The van der Waals surface area contributed by atoms with E-state index in [0.29, 0.717) is 11.4 Å². The number of methoxy groups -OCH3 is 1. The first-order valence-corrected chi connectivity index (χ1v) is 12.0. The topological polar surface area (TPSA) is 76.5 Å². The van der Waals surface area contributed by atoms with Crippen molar-refractivity contribution in [3.63, 3.8) is 0 Å². The number of rotatable bonds is 9. The van der Waals surface area contributed by atoms with Crippen LogP contribution in [0.4, 0.5) is 5.82 Å². The van der Waals surface area contributed by atoms with Crippen molar-refractivity contribution in [3.8, 4) is 11.4 Å². The van der Waals surface area contributed by atoms with Crippen LogP contribution in [0.2, 0.25) is 0 Å². The van der Waals surface area contributed by atoms with Gasteiger partial charge in [0, 0.05) is 24.1 Å². The molecule has 0 atom stereocenters. The van der Waals surface area contributed by atoms with Gasteiger partial charge in [-0.15, -0.1) is 0 Å².